The molecule has 1 heterocycles. The lowest BCUT2D eigenvalue weighted by atomic mass is 10.0. The fourth-order valence-electron chi connectivity index (χ4n) is 3.79. The molecule has 1 fully saturated rings. The molecule has 0 radical (unpaired) electrons. The highest BCUT2D eigenvalue weighted by Crippen LogP contribution is 2.15. The van der Waals surface area contributed by atoms with Gasteiger partial charge in [-0.25, -0.2) is 0 Å². The lowest BCUT2D eigenvalue weighted by Crippen LogP contribution is -2.45. The minimum atomic E-state index is 0.578. The van der Waals surface area contributed by atoms with Crippen LogP contribution >= 0.6 is 0 Å². The van der Waals surface area contributed by atoms with Crippen molar-refractivity contribution in [1.29, 1.82) is 0 Å². The van der Waals surface area contributed by atoms with Crippen molar-refractivity contribution in [2.75, 3.05) is 46.3 Å². The first kappa shape index (κ1) is 22.2. The largest absolute Gasteiger partial charge is 0.356 e. The van der Waals surface area contributed by atoms with Crippen LogP contribution in [-0.4, -0.2) is 74.2 Å². The number of aliphatic imine (C=N–C) groups is 1. The second-order valence-corrected chi connectivity index (χ2v) is 8.11. The Morgan fingerprint density at radius 3 is 2.40 bits per heavy atom. The zero-order valence-corrected chi connectivity index (χ0v) is 17.6. The third kappa shape index (κ3) is 9.45. The van der Waals surface area contributed by atoms with Gasteiger partial charge in [0.05, 0.1) is 0 Å². The van der Waals surface area contributed by atoms with Gasteiger partial charge in [0.25, 0.3) is 0 Å². The first-order valence-corrected chi connectivity index (χ1v) is 10.4. The van der Waals surface area contributed by atoms with E-state index in [0.29, 0.717) is 12.1 Å². The maximum atomic E-state index is 4.34. The highest BCUT2D eigenvalue weighted by Gasteiger charge is 2.15. The van der Waals surface area contributed by atoms with Gasteiger partial charge in [0.15, 0.2) is 5.96 Å². The van der Waals surface area contributed by atoms with Crippen molar-refractivity contribution in [2.45, 2.75) is 72.4 Å². The maximum absolute atomic E-state index is 4.34. The first-order valence-electron chi connectivity index (χ1n) is 10.4. The molecule has 0 aromatic rings. The van der Waals surface area contributed by atoms with Gasteiger partial charge in [0, 0.05) is 45.3 Å². The minimum Gasteiger partial charge on any atom is -0.356 e. The number of nitrogens with zero attached hydrogens (tertiary/aromatic N) is 3. The molecule has 5 heteroatoms. The van der Waals surface area contributed by atoms with Crippen LogP contribution in [-0.2, 0) is 0 Å². The van der Waals surface area contributed by atoms with Crippen LogP contribution in [0, 0.1) is 5.92 Å². The fourth-order valence-corrected chi connectivity index (χ4v) is 3.79. The van der Waals surface area contributed by atoms with Crippen molar-refractivity contribution < 1.29 is 0 Å². The summed E-state index contributed by atoms with van der Waals surface area (Å²) in [6, 6.07) is 1.16. The van der Waals surface area contributed by atoms with Gasteiger partial charge in [-0.05, 0) is 72.4 Å². The Morgan fingerprint density at radius 1 is 1.12 bits per heavy atom. The van der Waals surface area contributed by atoms with Crippen molar-refractivity contribution in [2.24, 2.45) is 10.9 Å². The normalized spacial score (nSPS) is 19.9. The maximum Gasteiger partial charge on any atom is 0.191 e. The van der Waals surface area contributed by atoms with E-state index in [4.69, 9.17) is 0 Å². The quantitative estimate of drug-likeness (QED) is 0.360. The van der Waals surface area contributed by atoms with E-state index in [2.05, 4.69) is 60.0 Å². The SMILES string of the molecule is CN=C(NCCCCN1CCCC(C)C1)NCCN(C(C)C)C(C)C. The van der Waals surface area contributed by atoms with E-state index in [1.807, 2.05) is 7.05 Å². The van der Waals surface area contributed by atoms with Crippen LogP contribution in [0.2, 0.25) is 0 Å². The topological polar surface area (TPSA) is 42.9 Å². The van der Waals surface area contributed by atoms with Gasteiger partial charge in [-0.3, -0.25) is 9.89 Å². The summed E-state index contributed by atoms with van der Waals surface area (Å²) in [4.78, 5) is 9.47. The van der Waals surface area contributed by atoms with E-state index in [-0.39, 0.29) is 0 Å². The van der Waals surface area contributed by atoms with Gasteiger partial charge in [0.2, 0.25) is 0 Å². The number of guanidine groups is 1. The molecule has 0 amide bonds. The van der Waals surface area contributed by atoms with Gasteiger partial charge < -0.3 is 15.5 Å². The number of nitrogens with one attached hydrogen (secondary N) is 2. The average Bonchev–Trinajstić information content (AvgIpc) is 2.55. The Kier molecular flexibility index (Phi) is 11.1. The molecule has 1 aliphatic heterocycles. The molecule has 2 N–H and O–H groups in total. The van der Waals surface area contributed by atoms with Crippen molar-refractivity contribution in [3.63, 3.8) is 0 Å². The van der Waals surface area contributed by atoms with Gasteiger partial charge in [-0.15, -0.1) is 0 Å². The first-order chi connectivity index (χ1) is 11.9. The Bertz CT molecular complexity index is 359. The van der Waals surface area contributed by atoms with Crippen LogP contribution < -0.4 is 10.6 Å². The zero-order valence-electron chi connectivity index (χ0n) is 17.6. The Balaban J connectivity index is 2.11. The van der Waals surface area contributed by atoms with Gasteiger partial charge >= 0.3 is 0 Å². The predicted molar refractivity (Wildman–Crippen MR) is 110 cm³/mol. The zero-order chi connectivity index (χ0) is 18.7. The van der Waals surface area contributed by atoms with Crippen molar-refractivity contribution in [1.82, 2.24) is 20.4 Å². The number of hydrogen-bond acceptors (Lipinski definition) is 3. The lowest BCUT2D eigenvalue weighted by molar-refractivity contribution is 0.178. The molecule has 148 valence electrons. The Hall–Kier alpha value is -0.810. The molecule has 1 atom stereocenters. The third-order valence-electron chi connectivity index (χ3n) is 5.15. The summed E-state index contributed by atoms with van der Waals surface area (Å²) in [5.41, 5.74) is 0. The molecule has 0 aliphatic carbocycles. The molecule has 1 aliphatic rings. The summed E-state index contributed by atoms with van der Waals surface area (Å²) < 4.78 is 0. The highest BCUT2D eigenvalue weighted by atomic mass is 15.2. The number of likely N-dealkylation sites (tertiary alicyclic amines) is 1. The standard InChI is InChI=1S/C20H43N5/c1-17(2)25(18(3)4)15-12-23-20(21-6)22-11-7-8-13-24-14-9-10-19(5)16-24/h17-19H,7-16H2,1-6H3,(H2,21,22,23). The van der Waals surface area contributed by atoms with E-state index >= 15 is 0 Å². The van der Waals surface area contributed by atoms with Gasteiger partial charge in [-0.2, -0.15) is 0 Å². The molecule has 25 heavy (non-hydrogen) atoms. The minimum absolute atomic E-state index is 0.578. The molecule has 0 bridgehead atoms. The molecule has 0 aromatic heterocycles. The van der Waals surface area contributed by atoms with E-state index in [9.17, 15) is 0 Å². The van der Waals surface area contributed by atoms with Crippen molar-refractivity contribution in [3.8, 4) is 0 Å². The van der Waals surface area contributed by atoms with E-state index < -0.39 is 0 Å². The van der Waals surface area contributed by atoms with Gasteiger partial charge in [0.1, 0.15) is 0 Å². The number of piperidine rings is 1. The third-order valence-corrected chi connectivity index (χ3v) is 5.15. The second kappa shape index (κ2) is 12.5. The summed E-state index contributed by atoms with van der Waals surface area (Å²) in [6.45, 7) is 18.2. The molecule has 0 aromatic carbocycles. The molecule has 0 spiro atoms. The number of hydrogen-bond donors (Lipinski definition) is 2. The monoisotopic (exact) mass is 353 g/mol. The summed E-state index contributed by atoms with van der Waals surface area (Å²) in [6.07, 6.45) is 5.26. The average molecular weight is 354 g/mol. The molecule has 5 nitrogen and oxygen atoms in total. The number of rotatable bonds is 10. The van der Waals surface area contributed by atoms with E-state index in [1.54, 1.807) is 0 Å². The highest BCUT2D eigenvalue weighted by molar-refractivity contribution is 5.79. The van der Waals surface area contributed by atoms with E-state index in [0.717, 1.165) is 31.5 Å². The lowest BCUT2D eigenvalue weighted by Gasteiger charge is -2.31. The molecule has 0 saturated carbocycles. The molecular weight excluding hydrogens is 310 g/mol. The molecule has 1 unspecified atom stereocenters. The molecule has 1 saturated heterocycles. The van der Waals surface area contributed by atoms with Crippen LogP contribution in [0.15, 0.2) is 4.99 Å². The van der Waals surface area contributed by atoms with E-state index in [1.165, 1.54) is 45.3 Å². The van der Waals surface area contributed by atoms with Crippen LogP contribution in [0.4, 0.5) is 0 Å². The van der Waals surface area contributed by atoms with Crippen LogP contribution in [0.1, 0.15) is 60.3 Å². The van der Waals surface area contributed by atoms with Gasteiger partial charge in [-0.1, -0.05) is 6.92 Å². The van der Waals surface area contributed by atoms with Crippen molar-refractivity contribution >= 4 is 5.96 Å². The number of unbranched alkanes of at least 4 members (excludes halogenated alkanes) is 1. The Morgan fingerprint density at radius 2 is 1.80 bits per heavy atom. The molecular formula is C20H43N5. The molecule has 1 rings (SSSR count). The van der Waals surface area contributed by atoms with Crippen LogP contribution in [0.3, 0.4) is 0 Å². The Labute approximate surface area is 156 Å². The van der Waals surface area contributed by atoms with Crippen LogP contribution in [0.5, 0.6) is 0 Å². The fraction of sp³-hybridized carbons (Fsp3) is 0.950. The summed E-state index contributed by atoms with van der Waals surface area (Å²) in [5.74, 6) is 1.81. The summed E-state index contributed by atoms with van der Waals surface area (Å²) >= 11 is 0. The summed E-state index contributed by atoms with van der Waals surface area (Å²) in [5, 5.41) is 6.89. The summed E-state index contributed by atoms with van der Waals surface area (Å²) in [7, 11) is 1.85. The van der Waals surface area contributed by atoms with Crippen LogP contribution in [0.25, 0.3) is 0 Å². The predicted octanol–water partition coefficient (Wildman–Crippen LogP) is 2.78. The second-order valence-electron chi connectivity index (χ2n) is 8.11. The van der Waals surface area contributed by atoms with Crippen molar-refractivity contribution in [3.05, 3.63) is 0 Å². The smallest absolute Gasteiger partial charge is 0.191 e.